The molecule has 0 saturated carbocycles. The molecule has 1 atom stereocenters. The lowest BCUT2D eigenvalue weighted by Gasteiger charge is -2.10. The third-order valence-corrected chi connectivity index (χ3v) is 4.13. The van der Waals surface area contributed by atoms with E-state index in [0.29, 0.717) is 12.1 Å². The molecule has 5 nitrogen and oxygen atoms in total. The van der Waals surface area contributed by atoms with E-state index in [1.165, 1.54) is 7.11 Å². The van der Waals surface area contributed by atoms with Gasteiger partial charge < -0.3 is 14.6 Å². The molecule has 1 amide bonds. The van der Waals surface area contributed by atoms with Gasteiger partial charge >= 0.3 is 5.97 Å². The zero-order valence-electron chi connectivity index (χ0n) is 14.2. The van der Waals surface area contributed by atoms with Crippen LogP contribution >= 0.6 is 0 Å². The number of esters is 1. The fourth-order valence-electron chi connectivity index (χ4n) is 2.85. The van der Waals surface area contributed by atoms with Crippen molar-refractivity contribution >= 4 is 22.8 Å². The molecule has 25 heavy (non-hydrogen) atoms. The summed E-state index contributed by atoms with van der Waals surface area (Å²) in [6, 6.07) is 17.1. The van der Waals surface area contributed by atoms with Gasteiger partial charge in [-0.3, -0.25) is 4.79 Å². The Morgan fingerprint density at radius 1 is 1.08 bits per heavy atom. The number of rotatable bonds is 5. The third kappa shape index (κ3) is 3.55. The maximum Gasteiger partial charge on any atom is 0.328 e. The van der Waals surface area contributed by atoms with Gasteiger partial charge in [0.05, 0.1) is 12.7 Å². The van der Waals surface area contributed by atoms with E-state index in [1.54, 1.807) is 6.92 Å². The third-order valence-electron chi connectivity index (χ3n) is 4.13. The van der Waals surface area contributed by atoms with Crippen molar-refractivity contribution in [1.29, 1.82) is 0 Å². The predicted octanol–water partition coefficient (Wildman–Crippen LogP) is 2.98. The SMILES string of the molecule is COC(=O)[C@H](C)NC(=O)c1cn(Cc2ccccc2)c2ccccc12. The minimum absolute atomic E-state index is 0.291. The Kier molecular flexibility index (Phi) is 4.84. The van der Waals surface area contributed by atoms with E-state index in [0.717, 1.165) is 16.5 Å². The van der Waals surface area contributed by atoms with Crippen LogP contribution in [0.2, 0.25) is 0 Å². The van der Waals surface area contributed by atoms with E-state index in [2.05, 4.69) is 10.1 Å². The number of benzene rings is 2. The van der Waals surface area contributed by atoms with Crippen LogP contribution in [0.5, 0.6) is 0 Å². The maximum atomic E-state index is 12.6. The number of aromatic nitrogens is 1. The van der Waals surface area contributed by atoms with Gasteiger partial charge in [-0.1, -0.05) is 48.5 Å². The number of para-hydroxylation sites is 1. The normalized spacial score (nSPS) is 11.9. The van der Waals surface area contributed by atoms with Gasteiger partial charge in [-0.15, -0.1) is 0 Å². The number of carbonyl (C=O) groups is 2. The first-order valence-corrected chi connectivity index (χ1v) is 8.10. The largest absolute Gasteiger partial charge is 0.467 e. The van der Waals surface area contributed by atoms with E-state index in [-0.39, 0.29) is 5.91 Å². The molecule has 3 rings (SSSR count). The van der Waals surface area contributed by atoms with Gasteiger partial charge in [-0.25, -0.2) is 4.79 Å². The topological polar surface area (TPSA) is 60.3 Å². The Bertz CT molecular complexity index is 900. The first kappa shape index (κ1) is 16.8. The van der Waals surface area contributed by atoms with Crippen LogP contribution < -0.4 is 5.32 Å². The Morgan fingerprint density at radius 2 is 1.76 bits per heavy atom. The summed E-state index contributed by atoms with van der Waals surface area (Å²) < 4.78 is 6.71. The minimum atomic E-state index is -0.700. The quantitative estimate of drug-likeness (QED) is 0.729. The van der Waals surface area contributed by atoms with Gasteiger partial charge in [0, 0.05) is 23.6 Å². The molecule has 1 heterocycles. The molecule has 5 heteroatoms. The highest BCUT2D eigenvalue weighted by atomic mass is 16.5. The lowest BCUT2D eigenvalue weighted by molar-refractivity contribution is -0.142. The maximum absolute atomic E-state index is 12.6. The Morgan fingerprint density at radius 3 is 2.48 bits per heavy atom. The number of carbonyl (C=O) groups excluding carboxylic acids is 2. The number of amides is 1. The summed E-state index contributed by atoms with van der Waals surface area (Å²) in [5.74, 6) is -0.762. The molecule has 1 N–H and O–H groups in total. The number of ether oxygens (including phenoxy) is 1. The van der Waals surface area contributed by atoms with Crippen molar-refractivity contribution in [1.82, 2.24) is 9.88 Å². The second-order valence-electron chi connectivity index (χ2n) is 5.89. The van der Waals surface area contributed by atoms with Crippen molar-refractivity contribution < 1.29 is 14.3 Å². The molecular weight excluding hydrogens is 316 g/mol. The number of hydrogen-bond donors (Lipinski definition) is 1. The van der Waals surface area contributed by atoms with E-state index < -0.39 is 12.0 Å². The molecule has 0 aliphatic rings. The molecule has 2 aromatic carbocycles. The average Bonchev–Trinajstić information content (AvgIpc) is 3.00. The summed E-state index contributed by atoms with van der Waals surface area (Å²) in [6.45, 7) is 2.27. The van der Waals surface area contributed by atoms with E-state index >= 15 is 0 Å². The second-order valence-corrected chi connectivity index (χ2v) is 5.89. The number of methoxy groups -OCH3 is 1. The van der Waals surface area contributed by atoms with Gasteiger partial charge in [0.15, 0.2) is 0 Å². The summed E-state index contributed by atoms with van der Waals surface area (Å²) in [5.41, 5.74) is 2.67. The predicted molar refractivity (Wildman–Crippen MR) is 96.4 cm³/mol. The molecule has 0 unspecified atom stereocenters. The highest BCUT2D eigenvalue weighted by molar-refractivity contribution is 6.07. The lowest BCUT2D eigenvalue weighted by Crippen LogP contribution is -2.39. The second kappa shape index (κ2) is 7.21. The molecular formula is C20H20N2O3. The summed E-state index contributed by atoms with van der Waals surface area (Å²) in [5, 5.41) is 3.54. The van der Waals surface area contributed by atoms with Crippen LogP contribution in [0.15, 0.2) is 60.8 Å². The van der Waals surface area contributed by atoms with E-state index in [1.807, 2.05) is 65.4 Å². The monoisotopic (exact) mass is 336 g/mol. The molecule has 0 radical (unpaired) electrons. The first-order chi connectivity index (χ1) is 12.1. The minimum Gasteiger partial charge on any atom is -0.467 e. The standard InChI is InChI=1S/C20H20N2O3/c1-14(20(24)25-2)21-19(23)17-13-22(12-15-8-4-3-5-9-15)18-11-7-6-10-16(17)18/h3-11,13-14H,12H2,1-2H3,(H,21,23)/t14-/m0/s1. The number of fused-ring (bicyclic) bond motifs is 1. The molecule has 3 aromatic rings. The molecule has 0 fully saturated rings. The van der Waals surface area contributed by atoms with Crippen molar-refractivity contribution in [3.05, 3.63) is 71.9 Å². The Hall–Kier alpha value is -3.08. The van der Waals surface area contributed by atoms with Crippen LogP contribution in [0.4, 0.5) is 0 Å². The highest BCUT2D eigenvalue weighted by Crippen LogP contribution is 2.22. The van der Waals surface area contributed by atoms with Crippen LogP contribution in [0.1, 0.15) is 22.8 Å². The van der Waals surface area contributed by atoms with Crippen molar-refractivity contribution in [2.24, 2.45) is 0 Å². The summed E-state index contributed by atoms with van der Waals surface area (Å²) >= 11 is 0. The molecule has 0 bridgehead atoms. The average molecular weight is 336 g/mol. The highest BCUT2D eigenvalue weighted by Gasteiger charge is 2.20. The van der Waals surface area contributed by atoms with E-state index in [4.69, 9.17) is 0 Å². The smallest absolute Gasteiger partial charge is 0.328 e. The van der Waals surface area contributed by atoms with Crippen molar-refractivity contribution in [3.8, 4) is 0 Å². The van der Waals surface area contributed by atoms with Crippen LogP contribution in [0.3, 0.4) is 0 Å². The van der Waals surface area contributed by atoms with Crippen LogP contribution in [-0.2, 0) is 16.1 Å². The molecule has 0 saturated heterocycles. The van der Waals surface area contributed by atoms with Gasteiger partial charge in [0.1, 0.15) is 6.04 Å². The number of nitrogens with zero attached hydrogens (tertiary/aromatic N) is 1. The van der Waals surface area contributed by atoms with Gasteiger partial charge in [0.25, 0.3) is 5.91 Å². The van der Waals surface area contributed by atoms with Crippen molar-refractivity contribution in [2.45, 2.75) is 19.5 Å². The van der Waals surface area contributed by atoms with Gasteiger partial charge in [0.2, 0.25) is 0 Å². The van der Waals surface area contributed by atoms with Crippen LogP contribution in [-0.4, -0.2) is 29.6 Å². The van der Waals surface area contributed by atoms with E-state index in [9.17, 15) is 9.59 Å². The Balaban J connectivity index is 1.93. The van der Waals surface area contributed by atoms with Gasteiger partial charge in [-0.2, -0.15) is 0 Å². The zero-order valence-corrected chi connectivity index (χ0v) is 14.2. The number of nitrogens with one attached hydrogen (secondary N) is 1. The first-order valence-electron chi connectivity index (χ1n) is 8.10. The zero-order chi connectivity index (χ0) is 17.8. The molecule has 0 aliphatic carbocycles. The Labute approximate surface area is 146 Å². The van der Waals surface area contributed by atoms with Gasteiger partial charge in [-0.05, 0) is 18.6 Å². The lowest BCUT2D eigenvalue weighted by atomic mass is 10.1. The van der Waals surface area contributed by atoms with Crippen molar-refractivity contribution in [3.63, 3.8) is 0 Å². The van der Waals surface area contributed by atoms with Crippen LogP contribution in [0, 0.1) is 0 Å². The summed E-state index contributed by atoms with van der Waals surface area (Å²) in [7, 11) is 1.30. The summed E-state index contributed by atoms with van der Waals surface area (Å²) in [4.78, 5) is 24.2. The molecule has 0 spiro atoms. The molecule has 0 aliphatic heterocycles. The molecule has 1 aromatic heterocycles. The van der Waals surface area contributed by atoms with Crippen molar-refractivity contribution in [2.75, 3.05) is 7.11 Å². The fraction of sp³-hybridized carbons (Fsp3) is 0.200. The number of hydrogen-bond acceptors (Lipinski definition) is 3. The fourth-order valence-corrected chi connectivity index (χ4v) is 2.85. The summed E-state index contributed by atoms with van der Waals surface area (Å²) in [6.07, 6.45) is 1.83. The van der Waals surface area contributed by atoms with Crippen LogP contribution in [0.25, 0.3) is 10.9 Å². The molecule has 128 valence electrons.